The largest absolute Gasteiger partial charge is 0.361 e. The monoisotopic (exact) mass is 404 g/mol. The summed E-state index contributed by atoms with van der Waals surface area (Å²) in [5.74, 6) is 0.603. The Labute approximate surface area is 141 Å². The van der Waals surface area contributed by atoms with Crippen molar-refractivity contribution >= 4 is 40.8 Å². The van der Waals surface area contributed by atoms with E-state index in [1.54, 1.807) is 7.05 Å². The predicted molar refractivity (Wildman–Crippen MR) is 97.0 cm³/mol. The van der Waals surface area contributed by atoms with Crippen LogP contribution in [0.25, 0.3) is 10.9 Å². The zero-order chi connectivity index (χ0) is 14.4. The molecule has 1 heterocycles. The van der Waals surface area contributed by atoms with Crippen molar-refractivity contribution in [2.75, 3.05) is 20.1 Å². The third kappa shape index (κ3) is 4.87. The van der Waals surface area contributed by atoms with Gasteiger partial charge in [-0.05, 0) is 36.6 Å². The van der Waals surface area contributed by atoms with E-state index in [9.17, 15) is 4.39 Å². The smallest absolute Gasteiger partial charge is 0.190 e. The van der Waals surface area contributed by atoms with Crippen LogP contribution in [-0.4, -0.2) is 31.1 Å². The Morgan fingerprint density at radius 2 is 2.05 bits per heavy atom. The number of benzene rings is 1. The fourth-order valence-electron chi connectivity index (χ4n) is 2.14. The minimum Gasteiger partial charge on any atom is -0.361 e. The molecule has 0 saturated heterocycles. The van der Waals surface area contributed by atoms with Crippen LogP contribution in [-0.2, 0) is 6.42 Å². The second-order valence-electron chi connectivity index (χ2n) is 4.68. The van der Waals surface area contributed by atoms with Gasteiger partial charge in [0.2, 0.25) is 0 Å². The topological polar surface area (TPSA) is 52.2 Å². The molecule has 1 aromatic heterocycles. The first-order valence-electron chi connectivity index (χ1n) is 6.94. The van der Waals surface area contributed by atoms with Crippen molar-refractivity contribution in [2.45, 2.75) is 19.8 Å². The highest BCUT2D eigenvalue weighted by atomic mass is 127. The molecule has 0 unspecified atom stereocenters. The zero-order valence-corrected chi connectivity index (χ0v) is 14.7. The van der Waals surface area contributed by atoms with Crippen molar-refractivity contribution in [2.24, 2.45) is 4.99 Å². The molecule has 6 heteroatoms. The number of guanidine groups is 1. The van der Waals surface area contributed by atoms with Gasteiger partial charge in [-0.15, -0.1) is 24.0 Å². The highest BCUT2D eigenvalue weighted by Crippen LogP contribution is 2.19. The van der Waals surface area contributed by atoms with Crippen molar-refractivity contribution in [3.8, 4) is 0 Å². The SMILES string of the molecule is CCCNC(=NC)NCCc1c[nH]c2cc(F)ccc12.I. The van der Waals surface area contributed by atoms with Crippen molar-refractivity contribution in [3.63, 3.8) is 0 Å². The van der Waals surface area contributed by atoms with E-state index in [1.807, 2.05) is 12.3 Å². The molecule has 0 atom stereocenters. The highest BCUT2D eigenvalue weighted by Gasteiger charge is 2.04. The first-order chi connectivity index (χ1) is 9.74. The maximum atomic E-state index is 13.1. The molecule has 1 aromatic carbocycles. The number of fused-ring (bicyclic) bond motifs is 1. The number of hydrogen-bond acceptors (Lipinski definition) is 1. The minimum atomic E-state index is -0.215. The van der Waals surface area contributed by atoms with Crippen LogP contribution < -0.4 is 10.6 Å². The summed E-state index contributed by atoms with van der Waals surface area (Å²) in [6.45, 7) is 3.81. The van der Waals surface area contributed by atoms with Crippen molar-refractivity contribution in [1.82, 2.24) is 15.6 Å². The second kappa shape index (κ2) is 8.86. The molecule has 0 aliphatic heterocycles. The molecule has 0 radical (unpaired) electrons. The summed E-state index contributed by atoms with van der Waals surface area (Å²) in [6.07, 6.45) is 3.86. The number of rotatable bonds is 5. The summed E-state index contributed by atoms with van der Waals surface area (Å²) in [7, 11) is 1.76. The Hall–Kier alpha value is -1.31. The Balaban J connectivity index is 0.00000220. The van der Waals surface area contributed by atoms with Gasteiger partial charge in [0, 0.05) is 37.2 Å². The molecule has 116 valence electrons. The van der Waals surface area contributed by atoms with E-state index in [-0.39, 0.29) is 29.8 Å². The number of nitrogens with one attached hydrogen (secondary N) is 3. The van der Waals surface area contributed by atoms with Gasteiger partial charge >= 0.3 is 0 Å². The normalized spacial score (nSPS) is 11.3. The van der Waals surface area contributed by atoms with Crippen molar-refractivity contribution < 1.29 is 4.39 Å². The average molecular weight is 404 g/mol. The number of aromatic amines is 1. The minimum absolute atomic E-state index is 0. The second-order valence-corrected chi connectivity index (χ2v) is 4.68. The van der Waals surface area contributed by atoms with Crippen LogP contribution >= 0.6 is 24.0 Å². The summed E-state index contributed by atoms with van der Waals surface area (Å²) >= 11 is 0. The number of aliphatic imine (C=N–C) groups is 1. The molecule has 0 fully saturated rings. The van der Waals surface area contributed by atoms with E-state index < -0.39 is 0 Å². The number of halogens is 2. The molecule has 0 bridgehead atoms. The quantitative estimate of drug-likeness (QED) is 0.408. The molecule has 2 aromatic rings. The van der Waals surface area contributed by atoms with E-state index in [2.05, 4.69) is 27.5 Å². The Bertz CT molecular complexity index is 594. The van der Waals surface area contributed by atoms with E-state index in [0.29, 0.717) is 0 Å². The third-order valence-electron chi connectivity index (χ3n) is 3.18. The molecule has 0 aliphatic carbocycles. The van der Waals surface area contributed by atoms with Gasteiger partial charge in [-0.25, -0.2) is 4.39 Å². The summed E-state index contributed by atoms with van der Waals surface area (Å²) < 4.78 is 13.1. The summed E-state index contributed by atoms with van der Waals surface area (Å²) in [4.78, 5) is 7.26. The van der Waals surface area contributed by atoms with Crippen LogP contribution in [0.15, 0.2) is 29.4 Å². The van der Waals surface area contributed by atoms with Gasteiger partial charge in [-0.1, -0.05) is 6.92 Å². The number of hydrogen-bond donors (Lipinski definition) is 3. The molecule has 3 N–H and O–H groups in total. The fourth-order valence-corrected chi connectivity index (χ4v) is 2.14. The molecule has 2 rings (SSSR count). The van der Waals surface area contributed by atoms with Crippen LogP contribution in [0.1, 0.15) is 18.9 Å². The van der Waals surface area contributed by atoms with E-state index >= 15 is 0 Å². The van der Waals surface area contributed by atoms with Gasteiger partial charge in [0.25, 0.3) is 0 Å². The van der Waals surface area contributed by atoms with Crippen molar-refractivity contribution in [1.29, 1.82) is 0 Å². The van der Waals surface area contributed by atoms with Gasteiger partial charge in [0.15, 0.2) is 5.96 Å². The zero-order valence-electron chi connectivity index (χ0n) is 12.4. The van der Waals surface area contributed by atoms with E-state index in [4.69, 9.17) is 0 Å². The summed E-state index contributed by atoms with van der Waals surface area (Å²) in [6, 6.07) is 4.84. The molecule has 0 saturated carbocycles. The number of H-pyrrole nitrogens is 1. The lowest BCUT2D eigenvalue weighted by atomic mass is 10.1. The lowest BCUT2D eigenvalue weighted by Gasteiger charge is -2.10. The predicted octanol–water partition coefficient (Wildman–Crippen LogP) is 3.04. The molecule has 0 spiro atoms. The highest BCUT2D eigenvalue weighted by molar-refractivity contribution is 14.0. The van der Waals surface area contributed by atoms with Gasteiger partial charge in [0.1, 0.15) is 5.82 Å². The molecular weight excluding hydrogens is 382 g/mol. The fraction of sp³-hybridized carbons (Fsp3) is 0.400. The van der Waals surface area contributed by atoms with Gasteiger partial charge in [-0.2, -0.15) is 0 Å². The number of aromatic nitrogens is 1. The molecule has 21 heavy (non-hydrogen) atoms. The van der Waals surface area contributed by atoms with Crippen LogP contribution in [0.2, 0.25) is 0 Å². The maximum Gasteiger partial charge on any atom is 0.190 e. The lowest BCUT2D eigenvalue weighted by Crippen LogP contribution is -2.38. The van der Waals surface area contributed by atoms with Crippen LogP contribution in [0, 0.1) is 5.82 Å². The molecule has 4 nitrogen and oxygen atoms in total. The van der Waals surface area contributed by atoms with Gasteiger partial charge < -0.3 is 15.6 Å². The lowest BCUT2D eigenvalue weighted by molar-refractivity contribution is 0.629. The summed E-state index contributed by atoms with van der Waals surface area (Å²) in [5, 5.41) is 7.57. The Morgan fingerprint density at radius 1 is 1.29 bits per heavy atom. The molecule has 0 amide bonds. The Kier molecular flexibility index (Phi) is 7.49. The van der Waals surface area contributed by atoms with Gasteiger partial charge in [-0.3, -0.25) is 4.99 Å². The Morgan fingerprint density at radius 3 is 2.76 bits per heavy atom. The van der Waals surface area contributed by atoms with E-state index in [0.717, 1.165) is 42.8 Å². The molecular formula is C15H22FIN4. The maximum absolute atomic E-state index is 13.1. The first-order valence-corrected chi connectivity index (χ1v) is 6.94. The summed E-state index contributed by atoms with van der Waals surface area (Å²) in [5.41, 5.74) is 2.02. The van der Waals surface area contributed by atoms with E-state index in [1.165, 1.54) is 17.7 Å². The van der Waals surface area contributed by atoms with Crippen LogP contribution in [0.5, 0.6) is 0 Å². The molecule has 0 aliphatic rings. The van der Waals surface area contributed by atoms with Crippen LogP contribution in [0.3, 0.4) is 0 Å². The average Bonchev–Trinajstić information content (AvgIpc) is 2.85. The third-order valence-corrected chi connectivity index (χ3v) is 3.18. The van der Waals surface area contributed by atoms with Crippen molar-refractivity contribution in [3.05, 3.63) is 35.8 Å². The van der Waals surface area contributed by atoms with Gasteiger partial charge in [0.05, 0.1) is 0 Å². The first kappa shape index (κ1) is 17.7. The number of nitrogens with zero attached hydrogens (tertiary/aromatic N) is 1. The van der Waals surface area contributed by atoms with Crippen LogP contribution in [0.4, 0.5) is 4.39 Å². The standard InChI is InChI=1S/C15H21FN4.HI/c1-3-7-18-15(17-2)19-8-6-11-10-20-14-9-12(16)4-5-13(11)14;/h4-5,9-10,20H,3,6-8H2,1-2H3,(H2,17,18,19);1H.